The Hall–Kier alpha value is -2.63. The fourth-order valence-corrected chi connectivity index (χ4v) is 2.66. The van der Waals surface area contributed by atoms with Gasteiger partial charge in [-0.3, -0.25) is 4.79 Å². The Morgan fingerprint density at radius 1 is 1.35 bits per heavy atom. The average molecular weight is 313 g/mol. The summed E-state index contributed by atoms with van der Waals surface area (Å²) < 4.78 is 7.00. The van der Waals surface area contributed by atoms with Crippen LogP contribution >= 0.6 is 0 Å². The lowest BCUT2D eigenvalue weighted by Gasteiger charge is -2.11. The van der Waals surface area contributed by atoms with Gasteiger partial charge in [0.2, 0.25) is 0 Å². The second-order valence-electron chi connectivity index (χ2n) is 5.45. The molecule has 0 saturated carbocycles. The van der Waals surface area contributed by atoms with Crippen LogP contribution in [0.15, 0.2) is 30.5 Å². The molecule has 23 heavy (non-hydrogen) atoms. The minimum Gasteiger partial charge on any atom is -0.462 e. The number of aryl methyl sites for hydroxylation is 2. The molecule has 1 aliphatic rings. The van der Waals surface area contributed by atoms with Crippen molar-refractivity contribution >= 4 is 17.6 Å². The SMILES string of the molecule is CCOC(=O)c1cccc(NC(=O)c2cn3c(n2)CCCC3)c1. The van der Waals surface area contributed by atoms with Crippen LogP contribution in [0, 0.1) is 0 Å². The number of carbonyl (C=O) groups excluding carboxylic acids is 2. The van der Waals surface area contributed by atoms with E-state index < -0.39 is 5.97 Å². The van der Waals surface area contributed by atoms with Crippen LogP contribution in [0.1, 0.15) is 46.4 Å². The molecule has 0 bridgehead atoms. The molecule has 6 nitrogen and oxygen atoms in total. The van der Waals surface area contributed by atoms with Crippen molar-refractivity contribution in [3.05, 3.63) is 47.5 Å². The lowest BCUT2D eigenvalue weighted by molar-refractivity contribution is 0.0526. The van der Waals surface area contributed by atoms with Gasteiger partial charge < -0.3 is 14.6 Å². The number of hydrogen-bond donors (Lipinski definition) is 1. The van der Waals surface area contributed by atoms with Crippen molar-refractivity contribution in [1.82, 2.24) is 9.55 Å². The topological polar surface area (TPSA) is 73.2 Å². The van der Waals surface area contributed by atoms with Crippen molar-refractivity contribution in [2.24, 2.45) is 0 Å². The first kappa shape index (κ1) is 15.3. The molecule has 0 saturated heterocycles. The molecule has 0 atom stereocenters. The van der Waals surface area contributed by atoms with Gasteiger partial charge in [0.1, 0.15) is 11.5 Å². The van der Waals surface area contributed by atoms with Gasteiger partial charge in [-0.15, -0.1) is 0 Å². The molecule has 0 unspecified atom stereocenters. The van der Waals surface area contributed by atoms with Crippen LogP contribution in [-0.4, -0.2) is 28.0 Å². The first-order valence-electron chi connectivity index (χ1n) is 7.82. The van der Waals surface area contributed by atoms with Gasteiger partial charge in [0, 0.05) is 24.8 Å². The molecular formula is C17H19N3O3. The zero-order valence-electron chi connectivity index (χ0n) is 13.0. The van der Waals surface area contributed by atoms with Crippen molar-refractivity contribution in [3.63, 3.8) is 0 Å². The summed E-state index contributed by atoms with van der Waals surface area (Å²) in [5.74, 6) is 0.288. The largest absolute Gasteiger partial charge is 0.462 e. The molecule has 2 aromatic rings. The highest BCUT2D eigenvalue weighted by Gasteiger charge is 2.17. The molecule has 1 N–H and O–H groups in total. The average Bonchev–Trinajstić information content (AvgIpc) is 2.99. The van der Waals surface area contributed by atoms with Gasteiger partial charge >= 0.3 is 5.97 Å². The zero-order chi connectivity index (χ0) is 16.2. The third kappa shape index (κ3) is 3.41. The second-order valence-corrected chi connectivity index (χ2v) is 5.45. The van der Waals surface area contributed by atoms with E-state index in [9.17, 15) is 9.59 Å². The van der Waals surface area contributed by atoms with Crippen LogP contribution in [0.4, 0.5) is 5.69 Å². The van der Waals surface area contributed by atoms with Gasteiger partial charge in [-0.25, -0.2) is 9.78 Å². The third-order valence-electron chi connectivity index (χ3n) is 3.77. The minimum absolute atomic E-state index is 0.270. The van der Waals surface area contributed by atoms with E-state index in [1.54, 1.807) is 37.4 Å². The van der Waals surface area contributed by atoms with Crippen LogP contribution in [0.5, 0.6) is 0 Å². The number of imidazole rings is 1. The molecule has 6 heteroatoms. The highest BCUT2D eigenvalue weighted by molar-refractivity contribution is 6.03. The molecule has 2 heterocycles. The van der Waals surface area contributed by atoms with E-state index in [4.69, 9.17) is 4.74 Å². The number of hydrogen-bond acceptors (Lipinski definition) is 4. The molecular weight excluding hydrogens is 294 g/mol. The quantitative estimate of drug-likeness (QED) is 0.881. The number of esters is 1. The summed E-state index contributed by atoms with van der Waals surface area (Å²) in [7, 11) is 0. The van der Waals surface area contributed by atoms with Gasteiger partial charge in [0.05, 0.1) is 12.2 Å². The number of ether oxygens (including phenoxy) is 1. The maximum atomic E-state index is 12.3. The predicted octanol–water partition coefficient (Wildman–Crippen LogP) is 2.65. The van der Waals surface area contributed by atoms with E-state index in [0.29, 0.717) is 23.6 Å². The molecule has 1 aromatic heterocycles. The summed E-state index contributed by atoms with van der Waals surface area (Å²) in [6, 6.07) is 6.70. The fourth-order valence-electron chi connectivity index (χ4n) is 2.66. The van der Waals surface area contributed by atoms with Crippen LogP contribution in [-0.2, 0) is 17.7 Å². The number of rotatable bonds is 4. The highest BCUT2D eigenvalue weighted by Crippen LogP contribution is 2.17. The van der Waals surface area contributed by atoms with Gasteiger partial charge in [-0.1, -0.05) is 6.07 Å². The Balaban J connectivity index is 1.73. The first-order valence-corrected chi connectivity index (χ1v) is 7.82. The van der Waals surface area contributed by atoms with E-state index in [1.807, 2.05) is 4.57 Å². The summed E-state index contributed by atoms with van der Waals surface area (Å²) in [6.45, 7) is 2.98. The molecule has 120 valence electrons. The minimum atomic E-state index is -0.402. The number of fused-ring (bicyclic) bond motifs is 1. The molecule has 0 spiro atoms. The Morgan fingerprint density at radius 3 is 3.00 bits per heavy atom. The summed E-state index contributed by atoms with van der Waals surface area (Å²) >= 11 is 0. The highest BCUT2D eigenvalue weighted by atomic mass is 16.5. The Bertz CT molecular complexity index is 713. The summed E-state index contributed by atoms with van der Waals surface area (Å²) in [5, 5.41) is 2.78. The van der Waals surface area contributed by atoms with Gasteiger partial charge in [-0.05, 0) is 38.0 Å². The summed E-state index contributed by atoms with van der Waals surface area (Å²) in [5.41, 5.74) is 1.36. The number of anilines is 1. The maximum absolute atomic E-state index is 12.3. The number of amides is 1. The van der Waals surface area contributed by atoms with Crippen LogP contribution < -0.4 is 5.32 Å². The lowest BCUT2D eigenvalue weighted by Crippen LogP contribution is -2.13. The number of carbonyl (C=O) groups is 2. The molecule has 0 radical (unpaired) electrons. The van der Waals surface area contributed by atoms with Crippen molar-refractivity contribution in [3.8, 4) is 0 Å². The third-order valence-corrected chi connectivity index (χ3v) is 3.77. The monoisotopic (exact) mass is 313 g/mol. The standard InChI is InChI=1S/C17H19N3O3/c1-2-23-17(22)12-6-5-7-13(10-12)18-16(21)14-11-20-9-4-3-8-15(20)19-14/h5-7,10-11H,2-4,8-9H2,1H3,(H,18,21). The van der Waals surface area contributed by atoms with Crippen LogP contribution in [0.25, 0.3) is 0 Å². The molecule has 1 aliphatic heterocycles. The van der Waals surface area contributed by atoms with Gasteiger partial charge in [0.15, 0.2) is 0 Å². The maximum Gasteiger partial charge on any atom is 0.338 e. The molecule has 0 aliphatic carbocycles. The lowest BCUT2D eigenvalue weighted by atomic mass is 10.2. The molecule has 3 rings (SSSR count). The number of aromatic nitrogens is 2. The van der Waals surface area contributed by atoms with Crippen LogP contribution in [0.3, 0.4) is 0 Å². The smallest absolute Gasteiger partial charge is 0.338 e. The zero-order valence-corrected chi connectivity index (χ0v) is 13.0. The van der Waals surface area contributed by atoms with E-state index >= 15 is 0 Å². The second kappa shape index (κ2) is 6.64. The van der Waals surface area contributed by atoms with E-state index in [0.717, 1.165) is 31.6 Å². The van der Waals surface area contributed by atoms with E-state index in [-0.39, 0.29) is 5.91 Å². The normalized spacial score (nSPS) is 13.3. The Labute approximate surface area is 134 Å². The van der Waals surface area contributed by atoms with Crippen molar-refractivity contribution < 1.29 is 14.3 Å². The van der Waals surface area contributed by atoms with E-state index in [2.05, 4.69) is 10.3 Å². The molecule has 1 aromatic carbocycles. The fraction of sp³-hybridized carbons (Fsp3) is 0.353. The molecule has 1 amide bonds. The van der Waals surface area contributed by atoms with Crippen molar-refractivity contribution in [2.75, 3.05) is 11.9 Å². The summed E-state index contributed by atoms with van der Waals surface area (Å²) in [6.07, 6.45) is 4.93. The van der Waals surface area contributed by atoms with E-state index in [1.165, 1.54) is 0 Å². The summed E-state index contributed by atoms with van der Waals surface area (Å²) in [4.78, 5) is 28.5. The predicted molar refractivity (Wildman–Crippen MR) is 85.5 cm³/mol. The van der Waals surface area contributed by atoms with Crippen molar-refractivity contribution in [1.29, 1.82) is 0 Å². The van der Waals surface area contributed by atoms with Crippen LogP contribution in [0.2, 0.25) is 0 Å². The molecule has 0 fully saturated rings. The van der Waals surface area contributed by atoms with Gasteiger partial charge in [-0.2, -0.15) is 0 Å². The number of benzene rings is 1. The number of nitrogens with zero attached hydrogens (tertiary/aromatic N) is 2. The Kier molecular flexibility index (Phi) is 4.41. The first-order chi connectivity index (χ1) is 11.2. The Morgan fingerprint density at radius 2 is 2.22 bits per heavy atom. The van der Waals surface area contributed by atoms with Gasteiger partial charge in [0.25, 0.3) is 5.91 Å². The van der Waals surface area contributed by atoms with Crippen molar-refractivity contribution in [2.45, 2.75) is 32.7 Å². The number of nitrogens with one attached hydrogen (secondary N) is 1.